The summed E-state index contributed by atoms with van der Waals surface area (Å²) in [5.74, 6) is -0.782. The summed E-state index contributed by atoms with van der Waals surface area (Å²) < 4.78 is 0. The molecule has 0 saturated heterocycles. The number of unbranched alkanes of at least 4 members (excludes halogenated alkanes) is 3. The van der Waals surface area contributed by atoms with Crippen molar-refractivity contribution in [2.45, 2.75) is 58.3 Å². The Morgan fingerprint density at radius 2 is 1.30 bits per heavy atom. The zero-order chi connectivity index (χ0) is 14.9. The molecule has 0 aliphatic heterocycles. The van der Waals surface area contributed by atoms with Crippen LogP contribution in [0.3, 0.4) is 0 Å². The molecular weight excluding hydrogens is 248 g/mol. The maximum absolute atomic E-state index is 10.2. The molecule has 0 aromatic carbocycles. The highest BCUT2D eigenvalue weighted by Gasteiger charge is 1.87. The molecule has 1 N–H and O–H groups in total. The van der Waals surface area contributed by atoms with E-state index >= 15 is 0 Å². The van der Waals surface area contributed by atoms with Crippen LogP contribution in [-0.2, 0) is 4.79 Å². The number of rotatable bonds is 12. The number of carbonyl (C=O) groups is 1. The molecule has 2 heteroatoms. The smallest absolute Gasteiger partial charge is 0.307 e. The maximum Gasteiger partial charge on any atom is 0.307 e. The van der Waals surface area contributed by atoms with Crippen molar-refractivity contribution in [1.82, 2.24) is 0 Å². The third-order valence-electron chi connectivity index (χ3n) is 2.75. The molecule has 0 rings (SSSR count). The minimum atomic E-state index is -0.782. The van der Waals surface area contributed by atoms with Gasteiger partial charge in [-0.3, -0.25) is 4.79 Å². The highest BCUT2D eigenvalue weighted by Crippen LogP contribution is 2.00. The Bertz CT molecular complexity index is 335. The number of aliphatic carboxylic acids is 1. The van der Waals surface area contributed by atoms with Gasteiger partial charge in [0.1, 0.15) is 0 Å². The van der Waals surface area contributed by atoms with Gasteiger partial charge in [0.2, 0.25) is 0 Å². The van der Waals surface area contributed by atoms with Crippen LogP contribution in [0.4, 0.5) is 0 Å². The molecule has 0 unspecified atom stereocenters. The zero-order valence-electron chi connectivity index (χ0n) is 12.6. The Hall–Kier alpha value is -1.57. The Labute approximate surface area is 123 Å². The van der Waals surface area contributed by atoms with E-state index in [1.165, 1.54) is 25.7 Å². The maximum atomic E-state index is 10.2. The second kappa shape index (κ2) is 15.5. The highest BCUT2D eigenvalue weighted by atomic mass is 16.4. The fourth-order valence-corrected chi connectivity index (χ4v) is 1.63. The van der Waals surface area contributed by atoms with Gasteiger partial charge in [-0.05, 0) is 32.1 Å². The van der Waals surface area contributed by atoms with Crippen molar-refractivity contribution in [3.63, 3.8) is 0 Å². The highest BCUT2D eigenvalue weighted by molar-refractivity contribution is 5.68. The van der Waals surface area contributed by atoms with E-state index in [1.807, 2.05) is 6.08 Å². The average molecular weight is 276 g/mol. The van der Waals surface area contributed by atoms with E-state index in [4.69, 9.17) is 5.11 Å². The number of carboxylic acid groups (broad SMARTS) is 1. The van der Waals surface area contributed by atoms with Gasteiger partial charge in [-0.15, -0.1) is 0 Å². The molecule has 0 heterocycles. The van der Waals surface area contributed by atoms with Crippen LogP contribution in [0.2, 0.25) is 0 Å². The van der Waals surface area contributed by atoms with Gasteiger partial charge in [-0.1, -0.05) is 68.4 Å². The second-order valence-electron chi connectivity index (χ2n) is 4.69. The Balaban J connectivity index is 3.42. The van der Waals surface area contributed by atoms with E-state index in [0.717, 1.165) is 19.3 Å². The first-order valence-corrected chi connectivity index (χ1v) is 7.59. The van der Waals surface area contributed by atoms with Gasteiger partial charge < -0.3 is 5.11 Å². The van der Waals surface area contributed by atoms with Crippen molar-refractivity contribution < 1.29 is 9.90 Å². The summed E-state index contributed by atoms with van der Waals surface area (Å²) in [6.07, 6.45) is 24.5. The molecule has 2 nitrogen and oxygen atoms in total. The first-order chi connectivity index (χ1) is 9.77. The fraction of sp³-hybridized carbons (Fsp3) is 0.500. The summed E-state index contributed by atoms with van der Waals surface area (Å²) in [6, 6.07) is 0. The lowest BCUT2D eigenvalue weighted by molar-refractivity contribution is -0.136. The Morgan fingerprint density at radius 3 is 1.80 bits per heavy atom. The van der Waals surface area contributed by atoms with E-state index in [-0.39, 0.29) is 6.42 Å². The lowest BCUT2D eigenvalue weighted by Crippen LogP contribution is -1.89. The van der Waals surface area contributed by atoms with Crippen molar-refractivity contribution in [3.8, 4) is 0 Å². The molecule has 0 radical (unpaired) electrons. The second-order valence-corrected chi connectivity index (χ2v) is 4.69. The van der Waals surface area contributed by atoms with Gasteiger partial charge in [-0.2, -0.15) is 0 Å². The zero-order valence-corrected chi connectivity index (χ0v) is 12.6. The normalized spacial score (nSPS) is 12.4. The minimum Gasteiger partial charge on any atom is -0.481 e. The lowest BCUT2D eigenvalue weighted by atomic mass is 10.2. The monoisotopic (exact) mass is 276 g/mol. The van der Waals surface area contributed by atoms with Crippen LogP contribution in [0.25, 0.3) is 0 Å². The third-order valence-corrected chi connectivity index (χ3v) is 2.75. The first kappa shape index (κ1) is 18.4. The Kier molecular flexibility index (Phi) is 14.3. The Morgan fingerprint density at radius 1 is 0.800 bits per heavy atom. The van der Waals surface area contributed by atoms with E-state index in [1.54, 1.807) is 6.08 Å². The van der Waals surface area contributed by atoms with E-state index in [2.05, 4.69) is 43.4 Å². The molecule has 0 spiro atoms. The van der Waals surface area contributed by atoms with Crippen molar-refractivity contribution in [2.75, 3.05) is 0 Å². The molecule has 0 atom stereocenters. The van der Waals surface area contributed by atoms with Gasteiger partial charge >= 0.3 is 5.97 Å². The average Bonchev–Trinajstić information content (AvgIpc) is 2.43. The van der Waals surface area contributed by atoms with Crippen LogP contribution < -0.4 is 0 Å². The summed E-state index contributed by atoms with van der Waals surface area (Å²) in [4.78, 5) is 10.2. The van der Waals surface area contributed by atoms with Crippen molar-refractivity contribution in [1.29, 1.82) is 0 Å². The lowest BCUT2D eigenvalue weighted by Gasteiger charge is -1.90. The summed E-state index contributed by atoms with van der Waals surface area (Å²) >= 11 is 0. The number of allylic oxidation sites excluding steroid dienone is 7. The summed E-state index contributed by atoms with van der Waals surface area (Å²) in [7, 11) is 0. The molecule has 0 aromatic rings. The molecule has 0 aliphatic rings. The molecule has 20 heavy (non-hydrogen) atoms. The standard InChI is InChI=1S/C18H28O2/c1-2-3-4-5-6-7-8-9-10-11-12-13-14-15-16-17-18(19)20/h6-7,9-10,12-13,15-16H,2-5,8,11,14,17H2,1H3,(H,19,20)/b7-6-,10-9-,13-12-,16-15-. The largest absolute Gasteiger partial charge is 0.481 e. The molecule has 0 aromatic heterocycles. The van der Waals surface area contributed by atoms with Gasteiger partial charge in [-0.25, -0.2) is 0 Å². The molecule has 0 saturated carbocycles. The fourth-order valence-electron chi connectivity index (χ4n) is 1.63. The molecule has 0 fully saturated rings. The molecule has 112 valence electrons. The predicted molar refractivity (Wildman–Crippen MR) is 86.8 cm³/mol. The van der Waals surface area contributed by atoms with Gasteiger partial charge in [0.25, 0.3) is 0 Å². The topological polar surface area (TPSA) is 37.3 Å². The SMILES string of the molecule is CCCCC/C=C\C/C=C\C/C=C\C/C=C\CC(=O)O. The van der Waals surface area contributed by atoms with Gasteiger partial charge in [0, 0.05) is 0 Å². The number of carboxylic acids is 1. The minimum absolute atomic E-state index is 0.109. The number of hydrogen-bond acceptors (Lipinski definition) is 1. The first-order valence-electron chi connectivity index (χ1n) is 7.59. The summed E-state index contributed by atoms with van der Waals surface area (Å²) in [5.41, 5.74) is 0. The van der Waals surface area contributed by atoms with Crippen LogP contribution in [0, 0.1) is 0 Å². The molecule has 0 amide bonds. The van der Waals surface area contributed by atoms with Crippen molar-refractivity contribution >= 4 is 5.97 Å². The quantitative estimate of drug-likeness (QED) is 0.381. The molecule has 0 aliphatic carbocycles. The predicted octanol–water partition coefficient (Wildman–Crippen LogP) is 5.44. The van der Waals surface area contributed by atoms with Crippen LogP contribution in [0.5, 0.6) is 0 Å². The summed E-state index contributed by atoms with van der Waals surface area (Å²) in [5, 5.41) is 8.43. The van der Waals surface area contributed by atoms with Crippen molar-refractivity contribution in [3.05, 3.63) is 48.6 Å². The van der Waals surface area contributed by atoms with Gasteiger partial charge in [0.05, 0.1) is 6.42 Å². The molecule has 0 bridgehead atoms. The van der Waals surface area contributed by atoms with Crippen LogP contribution in [0.15, 0.2) is 48.6 Å². The van der Waals surface area contributed by atoms with Crippen LogP contribution >= 0.6 is 0 Å². The summed E-state index contributed by atoms with van der Waals surface area (Å²) in [6.45, 7) is 2.22. The van der Waals surface area contributed by atoms with E-state index < -0.39 is 5.97 Å². The van der Waals surface area contributed by atoms with Crippen LogP contribution in [-0.4, -0.2) is 11.1 Å². The number of hydrogen-bond donors (Lipinski definition) is 1. The molecular formula is C18H28O2. The third kappa shape index (κ3) is 16.4. The van der Waals surface area contributed by atoms with Gasteiger partial charge in [0.15, 0.2) is 0 Å². The van der Waals surface area contributed by atoms with Crippen molar-refractivity contribution in [2.24, 2.45) is 0 Å². The van der Waals surface area contributed by atoms with Crippen LogP contribution in [0.1, 0.15) is 58.3 Å². The van der Waals surface area contributed by atoms with E-state index in [0.29, 0.717) is 0 Å². The van der Waals surface area contributed by atoms with E-state index in [9.17, 15) is 4.79 Å².